The number of nitrogens with zero attached hydrogens (tertiary/aromatic N) is 1. The summed E-state index contributed by atoms with van der Waals surface area (Å²) in [6, 6.07) is 7.92. The van der Waals surface area contributed by atoms with Crippen LogP contribution in [0.5, 0.6) is 5.75 Å². The average molecular weight is 250 g/mol. The maximum Gasteiger partial charge on any atom is 0.222 e. The molecule has 0 aliphatic rings. The minimum atomic E-state index is 0.161. The molecule has 4 nitrogen and oxygen atoms in total. The predicted molar refractivity (Wildman–Crippen MR) is 72.6 cm³/mol. The third-order valence-electron chi connectivity index (χ3n) is 2.92. The Morgan fingerprint density at radius 1 is 1.33 bits per heavy atom. The van der Waals surface area contributed by atoms with Crippen LogP contribution in [0, 0.1) is 0 Å². The van der Waals surface area contributed by atoms with E-state index in [1.165, 1.54) is 5.56 Å². The van der Waals surface area contributed by atoms with Gasteiger partial charge in [0.2, 0.25) is 5.91 Å². The summed E-state index contributed by atoms with van der Waals surface area (Å²) in [5.41, 5.74) is 6.59. The largest absolute Gasteiger partial charge is 0.497 e. The molecule has 0 fully saturated rings. The highest BCUT2D eigenvalue weighted by Crippen LogP contribution is 2.12. The van der Waals surface area contributed by atoms with Gasteiger partial charge < -0.3 is 15.4 Å². The van der Waals surface area contributed by atoms with Crippen molar-refractivity contribution in [3.05, 3.63) is 29.8 Å². The molecule has 18 heavy (non-hydrogen) atoms. The maximum absolute atomic E-state index is 11.7. The molecule has 1 aromatic carbocycles. The van der Waals surface area contributed by atoms with Crippen molar-refractivity contribution in [2.45, 2.75) is 19.3 Å². The number of nitrogens with two attached hydrogens (primary N) is 1. The quantitative estimate of drug-likeness (QED) is 0.796. The molecule has 2 N–H and O–H groups in total. The highest BCUT2D eigenvalue weighted by Gasteiger charge is 2.07. The Morgan fingerprint density at radius 3 is 2.56 bits per heavy atom. The third kappa shape index (κ3) is 4.75. The maximum atomic E-state index is 11.7. The van der Waals surface area contributed by atoms with E-state index in [1.807, 2.05) is 31.3 Å². The van der Waals surface area contributed by atoms with Gasteiger partial charge in [0, 0.05) is 20.0 Å². The molecule has 0 spiro atoms. The van der Waals surface area contributed by atoms with Crippen LogP contribution in [-0.2, 0) is 11.2 Å². The van der Waals surface area contributed by atoms with Gasteiger partial charge in [-0.25, -0.2) is 0 Å². The van der Waals surface area contributed by atoms with Crippen molar-refractivity contribution in [3.63, 3.8) is 0 Å². The van der Waals surface area contributed by atoms with Crippen LogP contribution in [0.2, 0.25) is 0 Å². The van der Waals surface area contributed by atoms with Crippen LogP contribution in [0.4, 0.5) is 0 Å². The van der Waals surface area contributed by atoms with Gasteiger partial charge >= 0.3 is 0 Å². The van der Waals surface area contributed by atoms with Crippen molar-refractivity contribution in [2.24, 2.45) is 5.73 Å². The van der Waals surface area contributed by atoms with Gasteiger partial charge in [0.25, 0.3) is 0 Å². The van der Waals surface area contributed by atoms with E-state index in [0.717, 1.165) is 25.1 Å². The number of hydrogen-bond donors (Lipinski definition) is 1. The van der Waals surface area contributed by atoms with E-state index in [9.17, 15) is 4.79 Å². The molecule has 0 saturated carbocycles. The fourth-order valence-corrected chi connectivity index (χ4v) is 1.66. The summed E-state index contributed by atoms with van der Waals surface area (Å²) in [5, 5.41) is 0. The summed E-state index contributed by atoms with van der Waals surface area (Å²) in [6.07, 6.45) is 2.15. The van der Waals surface area contributed by atoms with E-state index in [0.29, 0.717) is 13.0 Å². The Morgan fingerprint density at radius 2 is 2.00 bits per heavy atom. The lowest BCUT2D eigenvalue weighted by Gasteiger charge is -2.17. The fourth-order valence-electron chi connectivity index (χ4n) is 1.66. The molecule has 0 aliphatic heterocycles. The van der Waals surface area contributed by atoms with Gasteiger partial charge in [-0.1, -0.05) is 12.1 Å². The molecule has 0 saturated heterocycles. The van der Waals surface area contributed by atoms with E-state index in [4.69, 9.17) is 10.5 Å². The van der Waals surface area contributed by atoms with Crippen molar-refractivity contribution in [1.82, 2.24) is 4.90 Å². The number of carbonyl (C=O) groups excluding carboxylic acids is 1. The van der Waals surface area contributed by atoms with Crippen LogP contribution < -0.4 is 10.5 Å². The standard InChI is InChI=1S/C14H22N2O2/c1-16(14(17)4-3-10-15)11-9-12-5-7-13(18-2)8-6-12/h5-8H,3-4,9-11,15H2,1-2H3. The normalized spacial score (nSPS) is 10.2. The SMILES string of the molecule is COc1ccc(CCN(C)C(=O)CCCN)cc1. The topological polar surface area (TPSA) is 55.6 Å². The van der Waals surface area contributed by atoms with Crippen LogP contribution in [0.15, 0.2) is 24.3 Å². The van der Waals surface area contributed by atoms with Crippen LogP contribution in [-0.4, -0.2) is 38.1 Å². The molecule has 0 heterocycles. The molecule has 0 radical (unpaired) electrons. The second kappa shape index (κ2) is 7.71. The van der Waals surface area contributed by atoms with Gasteiger partial charge in [-0.15, -0.1) is 0 Å². The summed E-state index contributed by atoms with van der Waals surface area (Å²) in [7, 11) is 3.49. The van der Waals surface area contributed by atoms with Gasteiger partial charge in [0.15, 0.2) is 0 Å². The Balaban J connectivity index is 2.36. The van der Waals surface area contributed by atoms with E-state index >= 15 is 0 Å². The molecule has 0 aromatic heterocycles. The zero-order valence-electron chi connectivity index (χ0n) is 11.2. The lowest BCUT2D eigenvalue weighted by atomic mass is 10.1. The second-order valence-corrected chi connectivity index (χ2v) is 4.31. The summed E-state index contributed by atoms with van der Waals surface area (Å²) in [4.78, 5) is 13.4. The van der Waals surface area contributed by atoms with Gasteiger partial charge in [0.05, 0.1) is 7.11 Å². The summed E-state index contributed by atoms with van der Waals surface area (Å²) >= 11 is 0. The molecular formula is C14H22N2O2. The number of likely N-dealkylation sites (N-methyl/N-ethyl adjacent to an activating group) is 1. The summed E-state index contributed by atoms with van der Waals surface area (Å²) in [6.45, 7) is 1.30. The van der Waals surface area contributed by atoms with Crippen LogP contribution in [0.3, 0.4) is 0 Å². The molecule has 1 rings (SSSR count). The summed E-state index contributed by atoms with van der Waals surface area (Å²) in [5.74, 6) is 1.01. The Kier molecular flexibility index (Phi) is 6.22. The van der Waals surface area contributed by atoms with Gasteiger partial charge in [-0.2, -0.15) is 0 Å². The highest BCUT2D eigenvalue weighted by atomic mass is 16.5. The third-order valence-corrected chi connectivity index (χ3v) is 2.92. The number of rotatable bonds is 7. The van der Waals surface area contributed by atoms with Crippen LogP contribution in [0.1, 0.15) is 18.4 Å². The summed E-state index contributed by atoms with van der Waals surface area (Å²) < 4.78 is 5.10. The average Bonchev–Trinajstić information content (AvgIpc) is 2.42. The lowest BCUT2D eigenvalue weighted by Crippen LogP contribution is -2.29. The number of benzene rings is 1. The number of ether oxygens (including phenoxy) is 1. The first-order valence-corrected chi connectivity index (χ1v) is 6.24. The first kappa shape index (κ1) is 14.5. The molecule has 1 amide bonds. The Bertz CT molecular complexity index is 363. The minimum absolute atomic E-state index is 0.161. The molecule has 0 unspecified atom stereocenters. The number of methoxy groups -OCH3 is 1. The van der Waals surface area contributed by atoms with Crippen molar-refractivity contribution in [3.8, 4) is 5.75 Å². The van der Waals surface area contributed by atoms with Gasteiger partial charge in [-0.05, 0) is 37.1 Å². The van der Waals surface area contributed by atoms with E-state index in [1.54, 1.807) is 12.0 Å². The fraction of sp³-hybridized carbons (Fsp3) is 0.500. The van der Waals surface area contributed by atoms with Gasteiger partial charge in [-0.3, -0.25) is 4.79 Å². The molecule has 0 atom stereocenters. The smallest absolute Gasteiger partial charge is 0.222 e. The van der Waals surface area contributed by atoms with Crippen molar-refractivity contribution in [1.29, 1.82) is 0 Å². The molecule has 4 heteroatoms. The van der Waals surface area contributed by atoms with Crippen LogP contribution in [0.25, 0.3) is 0 Å². The predicted octanol–water partition coefficient (Wildman–Crippen LogP) is 1.43. The first-order chi connectivity index (χ1) is 8.67. The van der Waals surface area contributed by atoms with Gasteiger partial charge in [0.1, 0.15) is 5.75 Å². The molecule has 1 aromatic rings. The van der Waals surface area contributed by atoms with Crippen molar-refractivity contribution in [2.75, 3.05) is 27.2 Å². The Hall–Kier alpha value is -1.55. The molecular weight excluding hydrogens is 228 g/mol. The zero-order valence-corrected chi connectivity index (χ0v) is 11.2. The van der Waals surface area contributed by atoms with Crippen molar-refractivity contribution < 1.29 is 9.53 Å². The van der Waals surface area contributed by atoms with E-state index in [-0.39, 0.29) is 5.91 Å². The highest BCUT2D eigenvalue weighted by molar-refractivity contribution is 5.75. The lowest BCUT2D eigenvalue weighted by molar-refractivity contribution is -0.129. The zero-order chi connectivity index (χ0) is 13.4. The minimum Gasteiger partial charge on any atom is -0.497 e. The van der Waals surface area contributed by atoms with E-state index in [2.05, 4.69) is 0 Å². The molecule has 0 bridgehead atoms. The second-order valence-electron chi connectivity index (χ2n) is 4.31. The van der Waals surface area contributed by atoms with Crippen molar-refractivity contribution >= 4 is 5.91 Å². The van der Waals surface area contributed by atoms with Crippen LogP contribution >= 0.6 is 0 Å². The monoisotopic (exact) mass is 250 g/mol. The van der Waals surface area contributed by atoms with E-state index < -0.39 is 0 Å². The number of carbonyl (C=O) groups is 1. The number of hydrogen-bond acceptors (Lipinski definition) is 3. The first-order valence-electron chi connectivity index (χ1n) is 6.24. The molecule has 0 aliphatic carbocycles. The number of amides is 1. The molecule has 100 valence electrons. The Labute approximate surface area is 109 Å².